The van der Waals surface area contributed by atoms with E-state index >= 15 is 0 Å². The van der Waals surface area contributed by atoms with Gasteiger partial charge < -0.3 is 14.8 Å². The topological polar surface area (TPSA) is 30.5 Å². The van der Waals surface area contributed by atoms with Crippen LogP contribution in [0.15, 0.2) is 18.2 Å². The molecular formula is C16H27NO2. The van der Waals surface area contributed by atoms with Crippen LogP contribution >= 0.6 is 0 Å². The van der Waals surface area contributed by atoms with Gasteiger partial charge >= 0.3 is 0 Å². The number of nitrogens with one attached hydrogen (secondary N) is 1. The van der Waals surface area contributed by atoms with Gasteiger partial charge in [0, 0.05) is 12.6 Å². The molecular weight excluding hydrogens is 238 g/mol. The summed E-state index contributed by atoms with van der Waals surface area (Å²) in [6, 6.07) is 6.68. The molecule has 0 amide bonds. The Morgan fingerprint density at radius 2 is 2.00 bits per heavy atom. The van der Waals surface area contributed by atoms with Gasteiger partial charge in [-0.1, -0.05) is 26.3 Å². The molecule has 0 saturated carbocycles. The van der Waals surface area contributed by atoms with Crippen LogP contribution in [-0.2, 0) is 6.54 Å². The van der Waals surface area contributed by atoms with Crippen molar-refractivity contribution < 1.29 is 9.47 Å². The first-order valence-corrected chi connectivity index (χ1v) is 7.24. The average molecular weight is 265 g/mol. The average Bonchev–Trinajstić information content (AvgIpc) is 2.45. The highest BCUT2D eigenvalue weighted by Gasteiger charge is 2.06. The van der Waals surface area contributed by atoms with Gasteiger partial charge in [-0.05, 0) is 37.5 Å². The molecule has 3 heteroatoms. The second kappa shape index (κ2) is 8.81. The first-order valence-electron chi connectivity index (χ1n) is 7.24. The molecule has 0 bridgehead atoms. The van der Waals surface area contributed by atoms with Gasteiger partial charge in [-0.3, -0.25) is 0 Å². The van der Waals surface area contributed by atoms with Crippen LogP contribution in [0.2, 0.25) is 0 Å². The van der Waals surface area contributed by atoms with Crippen LogP contribution in [0.3, 0.4) is 0 Å². The summed E-state index contributed by atoms with van der Waals surface area (Å²) in [7, 11) is 1.69. The molecule has 1 rings (SSSR count). The van der Waals surface area contributed by atoms with Gasteiger partial charge in [-0.25, -0.2) is 0 Å². The molecule has 0 aliphatic heterocycles. The standard InChI is InChI=1S/C16H27NO2/c1-5-7-10-19-15-9-8-14(11-16(15)18-4)12-17-13(3)6-2/h8-9,11,13,17H,5-7,10,12H2,1-4H3/t13-/m0/s1. The van der Waals surface area contributed by atoms with Crippen molar-refractivity contribution in [1.29, 1.82) is 0 Å². The van der Waals surface area contributed by atoms with E-state index in [1.165, 1.54) is 5.56 Å². The van der Waals surface area contributed by atoms with Crippen molar-refractivity contribution in [2.75, 3.05) is 13.7 Å². The number of methoxy groups -OCH3 is 1. The fourth-order valence-electron chi connectivity index (χ4n) is 1.70. The predicted octanol–water partition coefficient (Wildman–Crippen LogP) is 3.76. The van der Waals surface area contributed by atoms with Gasteiger partial charge in [-0.15, -0.1) is 0 Å². The van der Waals surface area contributed by atoms with Crippen molar-refractivity contribution in [3.63, 3.8) is 0 Å². The highest BCUT2D eigenvalue weighted by Crippen LogP contribution is 2.28. The molecule has 19 heavy (non-hydrogen) atoms. The molecule has 1 aromatic carbocycles. The van der Waals surface area contributed by atoms with Crippen molar-refractivity contribution in [2.24, 2.45) is 0 Å². The highest BCUT2D eigenvalue weighted by molar-refractivity contribution is 5.42. The number of rotatable bonds is 9. The number of hydrogen-bond acceptors (Lipinski definition) is 3. The van der Waals surface area contributed by atoms with E-state index in [1.807, 2.05) is 6.07 Å². The lowest BCUT2D eigenvalue weighted by molar-refractivity contribution is 0.288. The molecule has 0 aliphatic rings. The van der Waals surface area contributed by atoms with Gasteiger partial charge in [0.1, 0.15) is 0 Å². The third-order valence-corrected chi connectivity index (χ3v) is 3.25. The minimum Gasteiger partial charge on any atom is -0.493 e. The minimum atomic E-state index is 0.534. The second-order valence-corrected chi connectivity index (χ2v) is 4.88. The lowest BCUT2D eigenvalue weighted by Gasteiger charge is -2.14. The first kappa shape index (κ1) is 15.8. The van der Waals surface area contributed by atoms with E-state index in [0.717, 1.165) is 43.9 Å². The van der Waals surface area contributed by atoms with Crippen molar-refractivity contribution >= 4 is 0 Å². The molecule has 0 aromatic heterocycles. The van der Waals surface area contributed by atoms with E-state index in [4.69, 9.17) is 9.47 Å². The third kappa shape index (κ3) is 5.52. The molecule has 108 valence electrons. The summed E-state index contributed by atoms with van der Waals surface area (Å²) >= 11 is 0. The normalized spacial score (nSPS) is 12.2. The summed E-state index contributed by atoms with van der Waals surface area (Å²) in [5.41, 5.74) is 1.22. The summed E-state index contributed by atoms with van der Waals surface area (Å²) in [6.45, 7) is 8.14. The summed E-state index contributed by atoms with van der Waals surface area (Å²) in [6.07, 6.45) is 3.34. The zero-order valence-corrected chi connectivity index (χ0v) is 12.7. The molecule has 0 spiro atoms. The SMILES string of the molecule is CCCCOc1ccc(CN[C@@H](C)CC)cc1OC. The van der Waals surface area contributed by atoms with Crippen LogP contribution in [0, 0.1) is 0 Å². The number of benzene rings is 1. The van der Waals surface area contributed by atoms with Crippen molar-refractivity contribution in [3.8, 4) is 11.5 Å². The summed E-state index contributed by atoms with van der Waals surface area (Å²) in [4.78, 5) is 0. The van der Waals surface area contributed by atoms with E-state index in [9.17, 15) is 0 Å². The van der Waals surface area contributed by atoms with Gasteiger partial charge in [0.2, 0.25) is 0 Å². The summed E-state index contributed by atoms with van der Waals surface area (Å²) in [5, 5.41) is 3.48. The van der Waals surface area contributed by atoms with Gasteiger partial charge in [0.15, 0.2) is 11.5 Å². The minimum absolute atomic E-state index is 0.534. The van der Waals surface area contributed by atoms with Crippen LogP contribution < -0.4 is 14.8 Å². The Bertz CT molecular complexity index is 366. The molecule has 0 radical (unpaired) electrons. The maximum absolute atomic E-state index is 5.72. The fourth-order valence-corrected chi connectivity index (χ4v) is 1.70. The lowest BCUT2D eigenvalue weighted by atomic mass is 10.1. The summed E-state index contributed by atoms with van der Waals surface area (Å²) in [5.74, 6) is 1.66. The Morgan fingerprint density at radius 3 is 2.63 bits per heavy atom. The van der Waals surface area contributed by atoms with Crippen LogP contribution in [0.4, 0.5) is 0 Å². The zero-order valence-electron chi connectivity index (χ0n) is 12.7. The molecule has 0 saturated heterocycles. The molecule has 0 unspecified atom stereocenters. The van der Waals surface area contributed by atoms with E-state index in [0.29, 0.717) is 6.04 Å². The van der Waals surface area contributed by atoms with E-state index in [2.05, 4.69) is 38.2 Å². The monoisotopic (exact) mass is 265 g/mol. The Morgan fingerprint density at radius 1 is 1.21 bits per heavy atom. The number of ether oxygens (including phenoxy) is 2. The van der Waals surface area contributed by atoms with Crippen LogP contribution in [-0.4, -0.2) is 19.8 Å². The zero-order chi connectivity index (χ0) is 14.1. The van der Waals surface area contributed by atoms with Crippen molar-refractivity contribution in [2.45, 2.75) is 52.6 Å². The smallest absolute Gasteiger partial charge is 0.161 e. The lowest BCUT2D eigenvalue weighted by Crippen LogP contribution is -2.24. The Labute approximate surface area is 117 Å². The molecule has 0 heterocycles. The van der Waals surface area contributed by atoms with Crippen molar-refractivity contribution in [1.82, 2.24) is 5.32 Å². The third-order valence-electron chi connectivity index (χ3n) is 3.25. The van der Waals surface area contributed by atoms with Crippen LogP contribution in [0.5, 0.6) is 11.5 Å². The van der Waals surface area contributed by atoms with E-state index < -0.39 is 0 Å². The molecule has 3 nitrogen and oxygen atoms in total. The highest BCUT2D eigenvalue weighted by atomic mass is 16.5. The van der Waals surface area contributed by atoms with Crippen LogP contribution in [0.1, 0.15) is 45.6 Å². The molecule has 1 atom stereocenters. The van der Waals surface area contributed by atoms with Crippen LogP contribution in [0.25, 0.3) is 0 Å². The molecule has 0 aliphatic carbocycles. The number of unbranched alkanes of at least 4 members (excludes halogenated alkanes) is 1. The van der Waals surface area contributed by atoms with Gasteiger partial charge in [0.05, 0.1) is 13.7 Å². The van der Waals surface area contributed by atoms with Crippen molar-refractivity contribution in [3.05, 3.63) is 23.8 Å². The molecule has 1 N–H and O–H groups in total. The first-order chi connectivity index (χ1) is 9.21. The van der Waals surface area contributed by atoms with E-state index in [1.54, 1.807) is 7.11 Å². The van der Waals surface area contributed by atoms with Gasteiger partial charge in [-0.2, -0.15) is 0 Å². The Kier molecular flexibility index (Phi) is 7.34. The Balaban J connectivity index is 2.61. The number of hydrogen-bond donors (Lipinski definition) is 1. The second-order valence-electron chi connectivity index (χ2n) is 4.88. The van der Waals surface area contributed by atoms with E-state index in [-0.39, 0.29) is 0 Å². The molecule has 1 aromatic rings. The quantitative estimate of drug-likeness (QED) is 0.690. The summed E-state index contributed by atoms with van der Waals surface area (Å²) < 4.78 is 11.1. The largest absolute Gasteiger partial charge is 0.493 e. The predicted molar refractivity (Wildman–Crippen MR) is 80.0 cm³/mol. The molecule has 0 fully saturated rings. The maximum Gasteiger partial charge on any atom is 0.161 e. The fraction of sp³-hybridized carbons (Fsp3) is 0.625. The Hall–Kier alpha value is -1.22. The maximum atomic E-state index is 5.72. The van der Waals surface area contributed by atoms with Gasteiger partial charge in [0.25, 0.3) is 0 Å².